The molecule has 0 aliphatic rings. The first-order chi connectivity index (χ1) is 11.8. The van der Waals surface area contributed by atoms with Gasteiger partial charge in [0.05, 0.1) is 12.7 Å². The van der Waals surface area contributed by atoms with E-state index < -0.39 is 10.2 Å². The molecule has 0 amide bonds. The first-order valence-electron chi connectivity index (χ1n) is 6.89. The van der Waals surface area contributed by atoms with Crippen molar-refractivity contribution < 1.29 is 33.6 Å². The lowest BCUT2D eigenvalue weighted by Gasteiger charge is -2.17. The minimum atomic E-state index is -4.94. The summed E-state index contributed by atoms with van der Waals surface area (Å²) in [6.45, 7) is 2.09. The number of rotatable bonds is 3. The van der Waals surface area contributed by atoms with Crippen LogP contribution in [0, 0.1) is 17.2 Å². The smallest absolute Gasteiger partial charge is 0.348 e. The van der Waals surface area contributed by atoms with E-state index in [0.29, 0.717) is 0 Å². The molecule has 0 saturated carbocycles. The quantitative estimate of drug-likeness (QED) is 0.464. The molecule has 9 heteroatoms. The lowest BCUT2D eigenvalue weighted by Crippen LogP contribution is -2.68. The van der Waals surface area contributed by atoms with Crippen LogP contribution in [-0.4, -0.2) is 12.1 Å². The Morgan fingerprint density at radius 1 is 0.920 bits per heavy atom. The largest absolute Gasteiger partial charge is 0.497 e. The third-order valence-electron chi connectivity index (χ3n) is 3.04. The summed E-state index contributed by atoms with van der Waals surface area (Å²) >= 11 is 0. The minimum absolute atomic E-state index is 0.868. The van der Waals surface area contributed by atoms with Gasteiger partial charge in [-0.25, -0.2) is 18.6 Å². The van der Waals surface area contributed by atoms with Crippen LogP contribution < -0.4 is 23.4 Å². The average molecular weight is 400 g/mol. The van der Waals surface area contributed by atoms with E-state index in [4.69, 9.17) is 28.4 Å². The summed E-state index contributed by atoms with van der Waals surface area (Å²) in [6.07, 6.45) is 0. The van der Waals surface area contributed by atoms with Crippen LogP contribution in [0.5, 0.6) is 5.75 Å². The first kappa shape index (κ1) is 19.7. The van der Waals surface area contributed by atoms with E-state index in [9.17, 15) is 0 Å². The monoisotopic (exact) mass is 399 g/mol. The van der Waals surface area contributed by atoms with Crippen molar-refractivity contribution in [1.29, 1.82) is 0 Å². The van der Waals surface area contributed by atoms with Crippen molar-refractivity contribution in [3.63, 3.8) is 0 Å². The molecule has 1 heterocycles. The fourth-order valence-corrected chi connectivity index (χ4v) is 4.08. The van der Waals surface area contributed by atoms with Crippen LogP contribution in [0.4, 0.5) is 0 Å². The molecule has 25 heavy (non-hydrogen) atoms. The van der Waals surface area contributed by atoms with Gasteiger partial charge in [-0.05, 0) is 31.2 Å². The highest BCUT2D eigenvalue weighted by atomic mass is 35.7. The summed E-state index contributed by atoms with van der Waals surface area (Å²) in [5, 5.41) is 2.12. The van der Waals surface area contributed by atoms with Crippen molar-refractivity contribution in [2.45, 2.75) is 6.92 Å². The molecule has 3 aromatic rings. The van der Waals surface area contributed by atoms with E-state index in [1.807, 2.05) is 24.3 Å². The van der Waals surface area contributed by atoms with E-state index >= 15 is 0 Å². The molecule has 2 aromatic carbocycles. The minimum Gasteiger partial charge on any atom is -0.497 e. The molecular weight excluding hydrogens is 386 g/mol. The van der Waals surface area contributed by atoms with Gasteiger partial charge in [0.2, 0.25) is 0 Å². The fraction of sp³-hybridized carbons (Fsp3) is 0.125. The Balaban J connectivity index is 0.000000399. The Morgan fingerprint density at radius 2 is 1.44 bits per heavy atom. The van der Waals surface area contributed by atoms with Crippen molar-refractivity contribution in [2.24, 2.45) is 0 Å². The molecule has 0 atom stereocenters. The Kier molecular flexibility index (Phi) is 6.79. The van der Waals surface area contributed by atoms with Gasteiger partial charge in [0.15, 0.2) is 15.3 Å². The molecule has 0 aliphatic heterocycles. The van der Waals surface area contributed by atoms with E-state index in [0.717, 1.165) is 21.3 Å². The summed E-state index contributed by atoms with van der Waals surface area (Å²) in [7, 11) is 0.150. The molecule has 0 unspecified atom stereocenters. The molecule has 0 saturated heterocycles. The second-order valence-corrected chi connectivity index (χ2v) is 7.72. The standard InChI is InChI=1S/C16H14NOS2.ClHO4/c1-11-3-5-12(6-4-11)15-17-16(20-19-15)13-7-9-14(18-2)10-8-13;2-1(3,4)5/h3-10H,1-2H3;(H,2,3,4,5)/q+1;/p-1. The van der Waals surface area contributed by atoms with Crippen LogP contribution in [0.25, 0.3) is 21.1 Å². The maximum atomic E-state index is 8.49. The van der Waals surface area contributed by atoms with Crippen LogP contribution in [0.2, 0.25) is 0 Å². The highest BCUT2D eigenvalue weighted by Crippen LogP contribution is 2.34. The molecule has 0 radical (unpaired) electrons. The predicted octanol–water partition coefficient (Wildman–Crippen LogP) is 0.381. The Morgan fingerprint density at radius 3 is 1.96 bits per heavy atom. The van der Waals surface area contributed by atoms with E-state index in [1.165, 1.54) is 11.1 Å². The van der Waals surface area contributed by atoms with Gasteiger partial charge in [-0.2, -0.15) is 4.98 Å². The van der Waals surface area contributed by atoms with Crippen LogP contribution in [0.15, 0.2) is 48.5 Å². The number of nitrogens with zero attached hydrogens (tertiary/aromatic N) is 1. The number of ether oxygens (including phenoxy) is 1. The van der Waals surface area contributed by atoms with Gasteiger partial charge in [-0.3, -0.25) is 0 Å². The Hall–Kier alpha value is -1.65. The zero-order chi connectivity index (χ0) is 18.4. The molecule has 0 spiro atoms. The number of aromatic nitrogens is 1. The molecule has 1 aromatic heterocycles. The maximum absolute atomic E-state index is 8.49. The zero-order valence-corrected chi connectivity index (χ0v) is 15.7. The van der Waals surface area contributed by atoms with Crippen LogP contribution >= 0.6 is 20.7 Å². The highest BCUT2D eigenvalue weighted by molar-refractivity contribution is 7.71. The van der Waals surface area contributed by atoms with Gasteiger partial charge in [0.1, 0.15) is 5.75 Å². The van der Waals surface area contributed by atoms with Crippen LogP contribution in [-0.2, 0) is 0 Å². The van der Waals surface area contributed by atoms with Gasteiger partial charge in [0.25, 0.3) is 0 Å². The van der Waals surface area contributed by atoms with Crippen LogP contribution in [0.3, 0.4) is 0 Å². The van der Waals surface area contributed by atoms with Crippen molar-refractivity contribution >= 4 is 20.7 Å². The SMILES string of the molecule is COc1ccc(-c2nc(-c3ccc(C)cc3)s[s+]2)cc1.[O-][Cl+3]([O-])([O-])[O-]. The number of methoxy groups -OCH3 is 1. The molecule has 0 N–H and O–H groups in total. The number of hydrogen-bond acceptors (Lipinski definition) is 7. The van der Waals surface area contributed by atoms with Crippen LogP contribution in [0.1, 0.15) is 5.56 Å². The normalized spacial score (nSPS) is 10.8. The van der Waals surface area contributed by atoms with Gasteiger partial charge in [-0.1, -0.05) is 29.8 Å². The second kappa shape index (κ2) is 8.63. The summed E-state index contributed by atoms with van der Waals surface area (Å²) in [5.74, 6) is 0.868. The topological polar surface area (TPSA) is 114 Å². The van der Waals surface area contributed by atoms with Crippen molar-refractivity contribution in [3.05, 3.63) is 54.1 Å². The zero-order valence-electron chi connectivity index (χ0n) is 13.3. The molecule has 132 valence electrons. The number of hydrogen-bond donors (Lipinski definition) is 0. The number of halogens is 1. The van der Waals surface area contributed by atoms with Gasteiger partial charge >= 0.3 is 15.3 Å². The lowest BCUT2D eigenvalue weighted by molar-refractivity contribution is -2.00. The molecule has 3 rings (SSSR count). The van der Waals surface area contributed by atoms with Gasteiger partial charge < -0.3 is 4.74 Å². The predicted molar refractivity (Wildman–Crippen MR) is 86.6 cm³/mol. The van der Waals surface area contributed by atoms with Crippen molar-refractivity contribution in [2.75, 3.05) is 7.11 Å². The Labute approximate surface area is 154 Å². The molecule has 6 nitrogen and oxygen atoms in total. The first-order valence-corrected chi connectivity index (χ1v) is 10.3. The Bertz CT molecular complexity index is 795. The van der Waals surface area contributed by atoms with E-state index in [2.05, 4.69) is 31.2 Å². The lowest BCUT2D eigenvalue weighted by atomic mass is 10.1. The fourth-order valence-electron chi connectivity index (χ4n) is 1.86. The van der Waals surface area contributed by atoms with E-state index in [1.54, 1.807) is 27.8 Å². The molecule has 0 aliphatic carbocycles. The summed E-state index contributed by atoms with van der Waals surface area (Å²) in [5.41, 5.74) is 3.58. The molecule has 0 bridgehead atoms. The highest BCUT2D eigenvalue weighted by Gasteiger charge is 2.19. The number of benzene rings is 2. The van der Waals surface area contributed by atoms with Crippen molar-refractivity contribution in [3.8, 4) is 26.9 Å². The second-order valence-electron chi connectivity index (χ2n) is 4.86. The summed E-state index contributed by atoms with van der Waals surface area (Å²) in [6, 6.07) is 16.5. The summed E-state index contributed by atoms with van der Waals surface area (Å²) in [4.78, 5) is 4.73. The molecule has 0 fully saturated rings. The average Bonchev–Trinajstić information content (AvgIpc) is 3.04. The summed E-state index contributed by atoms with van der Waals surface area (Å²) < 4.78 is 39.1. The van der Waals surface area contributed by atoms with Gasteiger partial charge in [-0.15, -0.1) is 10.2 Å². The van der Waals surface area contributed by atoms with Gasteiger partial charge in [0, 0.05) is 5.56 Å². The third-order valence-corrected chi connectivity index (χ3v) is 5.29. The maximum Gasteiger partial charge on any atom is 0.348 e. The van der Waals surface area contributed by atoms with Crippen molar-refractivity contribution in [1.82, 2.24) is 4.98 Å². The van der Waals surface area contributed by atoms with E-state index in [-0.39, 0.29) is 0 Å². The third kappa shape index (κ3) is 6.63. The molecular formula is C16H14ClNO5S2. The number of aryl methyl sites for hydroxylation is 1.